The largest absolute Gasteiger partial charge is 0.378 e. The van der Waals surface area contributed by atoms with Crippen molar-refractivity contribution in [2.75, 3.05) is 57.0 Å². The molecule has 6 aromatic carbocycles. The molecule has 3 aromatic heterocycles. The Bertz CT molecular complexity index is 2540. The second kappa shape index (κ2) is 16.5. The highest BCUT2D eigenvalue weighted by Gasteiger charge is 2.23. The first-order chi connectivity index (χ1) is 29.7. The lowest BCUT2D eigenvalue weighted by Crippen LogP contribution is -2.51. The van der Waals surface area contributed by atoms with Crippen LogP contribution in [0.5, 0.6) is 0 Å². The lowest BCUT2D eigenvalue weighted by molar-refractivity contribution is 0.804. The second-order valence-corrected chi connectivity index (χ2v) is 15.7. The van der Waals surface area contributed by atoms with Crippen molar-refractivity contribution >= 4 is 40.2 Å². The van der Waals surface area contributed by atoms with Gasteiger partial charge < -0.3 is 14.7 Å². The smallest absolute Gasteiger partial charge is 0.241 e. The van der Waals surface area contributed by atoms with Crippen LogP contribution in [0.2, 0.25) is 0 Å². The number of hydrogen-bond donors (Lipinski definition) is 0. The first-order valence-electron chi connectivity index (χ1n) is 20.1. The third-order valence-electron chi connectivity index (χ3n) is 11.0. The monoisotopic (exact) mass is 800 g/mol. The molecule has 0 fully saturated rings. The molecule has 12 nitrogen and oxygen atoms in total. The van der Waals surface area contributed by atoms with E-state index in [1.165, 1.54) is 0 Å². The van der Waals surface area contributed by atoms with Gasteiger partial charge in [-0.3, -0.25) is 0 Å². The van der Waals surface area contributed by atoms with Crippen LogP contribution in [0.15, 0.2) is 164 Å². The van der Waals surface area contributed by atoms with Gasteiger partial charge in [-0.2, -0.15) is 0 Å². The van der Waals surface area contributed by atoms with Crippen molar-refractivity contribution in [1.82, 2.24) is 45.0 Å². The van der Waals surface area contributed by atoms with Crippen LogP contribution in [-0.4, -0.2) is 94.0 Å². The average Bonchev–Trinajstić information content (AvgIpc) is 4.10. The van der Waals surface area contributed by atoms with E-state index in [4.69, 9.17) is 0 Å². The van der Waals surface area contributed by atoms with Gasteiger partial charge in [0.05, 0.1) is 35.7 Å². The molecule has 0 spiro atoms. The van der Waals surface area contributed by atoms with Gasteiger partial charge >= 0.3 is 0 Å². The van der Waals surface area contributed by atoms with Gasteiger partial charge in [0.15, 0.2) is 0 Å². The van der Waals surface area contributed by atoms with Crippen molar-refractivity contribution < 1.29 is 0 Å². The minimum atomic E-state index is -0.0557. The number of hydrogen-bond acceptors (Lipinski definition) is 9. The van der Waals surface area contributed by atoms with Gasteiger partial charge in [-0.05, 0) is 72.8 Å². The molecular formula is C48H45BN12. The summed E-state index contributed by atoms with van der Waals surface area (Å²) in [5.41, 5.74) is 15.1. The topological polar surface area (TPSA) is 102 Å². The molecule has 300 valence electrons. The Hall–Kier alpha value is -7.80. The van der Waals surface area contributed by atoms with E-state index in [-0.39, 0.29) is 6.71 Å². The van der Waals surface area contributed by atoms with Crippen molar-refractivity contribution in [2.45, 2.75) is 0 Å². The average molecular weight is 801 g/mol. The molecule has 0 aliphatic rings. The summed E-state index contributed by atoms with van der Waals surface area (Å²) in [6.07, 6.45) is 5.91. The molecular weight excluding hydrogens is 755 g/mol. The van der Waals surface area contributed by atoms with Gasteiger partial charge in [0.25, 0.3) is 0 Å². The highest BCUT2D eigenvalue weighted by Crippen LogP contribution is 2.23. The minimum absolute atomic E-state index is 0.0557. The summed E-state index contributed by atoms with van der Waals surface area (Å²) < 4.78 is 5.44. The third kappa shape index (κ3) is 8.13. The predicted molar refractivity (Wildman–Crippen MR) is 248 cm³/mol. The van der Waals surface area contributed by atoms with Crippen LogP contribution in [0.4, 0.5) is 17.1 Å². The van der Waals surface area contributed by atoms with Crippen molar-refractivity contribution in [3.05, 3.63) is 164 Å². The fourth-order valence-electron chi connectivity index (χ4n) is 7.39. The number of anilines is 3. The zero-order chi connectivity index (χ0) is 42.0. The predicted octanol–water partition coefficient (Wildman–Crippen LogP) is 6.14. The number of benzene rings is 6. The van der Waals surface area contributed by atoms with Crippen LogP contribution in [0.25, 0.3) is 50.8 Å². The Labute approximate surface area is 356 Å². The maximum atomic E-state index is 4.52. The molecule has 0 bridgehead atoms. The highest BCUT2D eigenvalue weighted by molar-refractivity contribution is 6.95. The quantitative estimate of drug-likeness (QED) is 0.135. The summed E-state index contributed by atoms with van der Waals surface area (Å²) >= 11 is 0. The van der Waals surface area contributed by atoms with E-state index in [0.29, 0.717) is 0 Å². The summed E-state index contributed by atoms with van der Waals surface area (Å²) in [4.78, 5) is 6.23. The normalized spacial score (nSPS) is 11.1. The van der Waals surface area contributed by atoms with Crippen LogP contribution >= 0.6 is 0 Å². The maximum Gasteiger partial charge on any atom is 0.241 e. The van der Waals surface area contributed by atoms with Gasteiger partial charge in [-0.1, -0.05) is 105 Å². The molecule has 0 radical (unpaired) electrons. The molecule has 9 aromatic rings. The van der Waals surface area contributed by atoms with Gasteiger partial charge in [-0.15, -0.1) is 15.3 Å². The summed E-state index contributed by atoms with van der Waals surface area (Å²) in [7, 11) is 12.2. The van der Waals surface area contributed by atoms with E-state index in [1.807, 2.05) is 74.9 Å². The molecule has 0 amide bonds. The number of aromatic nitrogens is 9. The fourth-order valence-corrected chi connectivity index (χ4v) is 7.39. The zero-order valence-corrected chi connectivity index (χ0v) is 35.0. The summed E-state index contributed by atoms with van der Waals surface area (Å²) in [6.45, 7) is -0.0557. The fraction of sp³-hybridized carbons (Fsp3) is 0.125. The zero-order valence-electron chi connectivity index (χ0n) is 35.0. The van der Waals surface area contributed by atoms with Crippen LogP contribution in [0, 0.1) is 0 Å². The van der Waals surface area contributed by atoms with Crippen molar-refractivity contribution in [3.8, 4) is 50.8 Å². The van der Waals surface area contributed by atoms with Crippen molar-refractivity contribution in [3.63, 3.8) is 0 Å². The molecule has 0 aliphatic carbocycles. The molecule has 3 heterocycles. The van der Waals surface area contributed by atoms with Gasteiger partial charge in [0, 0.05) is 76.0 Å². The molecule has 0 N–H and O–H groups in total. The maximum absolute atomic E-state index is 4.52. The van der Waals surface area contributed by atoms with E-state index in [0.717, 1.165) is 84.3 Å². The highest BCUT2D eigenvalue weighted by atomic mass is 15.4. The van der Waals surface area contributed by atoms with E-state index in [1.54, 1.807) is 0 Å². The van der Waals surface area contributed by atoms with Crippen molar-refractivity contribution in [2.24, 2.45) is 0 Å². The molecule has 0 atom stereocenters. The van der Waals surface area contributed by atoms with Gasteiger partial charge in [0.1, 0.15) is 17.1 Å². The molecule has 0 unspecified atom stereocenters. The van der Waals surface area contributed by atoms with E-state index < -0.39 is 0 Å². The standard InChI is InChI=1S/C48H45BN12/c1-56(2)40-19-25-43(26-20-40)59-31-46(50-53-59)34-7-13-37(14-8-34)49(38-15-9-35(10-16-38)47-32-60(54-51-47)44-27-21-41(22-28-44)57(3)4)39-17-11-36(12-18-39)48-33-61(55-52-48)45-29-23-42(24-30-45)58(5)6/h7-33H,1-6H3. The second-order valence-electron chi connectivity index (χ2n) is 15.7. The van der Waals surface area contributed by atoms with E-state index in [9.17, 15) is 0 Å². The molecule has 61 heavy (non-hydrogen) atoms. The number of nitrogens with zero attached hydrogens (tertiary/aromatic N) is 12. The summed E-state index contributed by atoms with van der Waals surface area (Å²) in [6, 6.07) is 50.7. The molecule has 0 saturated heterocycles. The molecule has 0 aliphatic heterocycles. The Morgan fingerprint density at radius 2 is 0.574 bits per heavy atom. The molecule has 9 rings (SSSR count). The van der Waals surface area contributed by atoms with Crippen LogP contribution in [0.3, 0.4) is 0 Å². The Morgan fingerprint density at radius 3 is 0.803 bits per heavy atom. The summed E-state index contributed by atoms with van der Waals surface area (Å²) in [5, 5.41) is 26.9. The Morgan fingerprint density at radius 1 is 0.328 bits per heavy atom. The van der Waals surface area contributed by atoms with E-state index in [2.05, 4.69) is 191 Å². The minimum Gasteiger partial charge on any atom is -0.378 e. The summed E-state index contributed by atoms with van der Waals surface area (Å²) in [5.74, 6) is 0. The van der Waals surface area contributed by atoms with Crippen molar-refractivity contribution in [1.29, 1.82) is 0 Å². The first kappa shape index (κ1) is 38.7. The van der Waals surface area contributed by atoms with Crippen LogP contribution < -0.4 is 31.1 Å². The number of rotatable bonds is 12. The van der Waals surface area contributed by atoms with E-state index >= 15 is 0 Å². The van der Waals surface area contributed by atoms with Crippen LogP contribution in [-0.2, 0) is 0 Å². The Kier molecular flexibility index (Phi) is 10.4. The van der Waals surface area contributed by atoms with Crippen LogP contribution in [0.1, 0.15) is 0 Å². The Balaban J connectivity index is 1.00. The lowest BCUT2D eigenvalue weighted by atomic mass is 9.37. The first-order valence-corrected chi connectivity index (χ1v) is 20.1. The SMILES string of the molecule is CN(C)c1ccc(-n2cc(-c3ccc(B(c4ccc(-c5cn(-c6ccc(N(C)C)cc6)nn5)cc4)c4ccc(-c5cn(-c6ccc(N(C)C)cc6)nn5)cc4)cc3)nn2)cc1. The lowest BCUT2D eigenvalue weighted by Gasteiger charge is -2.17. The molecule has 13 heteroatoms. The van der Waals surface area contributed by atoms with Gasteiger partial charge in [0.2, 0.25) is 6.71 Å². The third-order valence-corrected chi connectivity index (χ3v) is 11.0. The molecule has 0 saturated carbocycles. The van der Waals surface area contributed by atoms with Gasteiger partial charge in [-0.25, -0.2) is 14.0 Å².